The summed E-state index contributed by atoms with van der Waals surface area (Å²) in [6.07, 6.45) is 0. The fraction of sp³-hybridized carbons (Fsp3) is 0.174. The topological polar surface area (TPSA) is 46.8 Å². The number of nitrogens with zero attached hydrogens (tertiary/aromatic N) is 5. The monoisotopic (exact) mass is 437 g/mol. The zero-order valence-corrected chi connectivity index (χ0v) is 18.2. The van der Waals surface area contributed by atoms with Crippen molar-refractivity contribution in [1.82, 2.24) is 25.1 Å². The number of aromatic nitrogens is 4. The van der Waals surface area contributed by atoms with Gasteiger partial charge in [-0.05, 0) is 59.3 Å². The second-order valence-corrected chi connectivity index (χ2v) is 8.03. The number of para-hydroxylation sites is 1. The Morgan fingerprint density at radius 1 is 0.933 bits per heavy atom. The minimum Gasteiger partial charge on any atom is -0.288 e. The van der Waals surface area contributed by atoms with Gasteiger partial charge < -0.3 is 0 Å². The van der Waals surface area contributed by atoms with Crippen LogP contribution >= 0.6 is 23.2 Å². The van der Waals surface area contributed by atoms with Crippen LogP contribution in [0.3, 0.4) is 0 Å². The Morgan fingerprint density at radius 3 is 2.40 bits per heavy atom. The Bertz CT molecular complexity index is 1140. The fourth-order valence-corrected chi connectivity index (χ4v) is 3.91. The van der Waals surface area contributed by atoms with Gasteiger partial charge in [-0.1, -0.05) is 77.8 Å². The third-order valence-corrected chi connectivity index (χ3v) is 5.79. The molecule has 0 radical (unpaired) electrons. The Kier molecular flexibility index (Phi) is 6.13. The van der Waals surface area contributed by atoms with Gasteiger partial charge in [0.2, 0.25) is 0 Å². The third kappa shape index (κ3) is 4.24. The number of benzene rings is 3. The number of rotatable bonds is 6. The molecule has 0 aliphatic carbocycles. The van der Waals surface area contributed by atoms with Crippen molar-refractivity contribution in [1.29, 1.82) is 0 Å². The summed E-state index contributed by atoms with van der Waals surface area (Å²) in [5, 5.41) is 13.8. The van der Waals surface area contributed by atoms with Gasteiger partial charge in [0.05, 0.1) is 21.8 Å². The van der Waals surface area contributed by atoms with Crippen LogP contribution in [0.2, 0.25) is 10.0 Å². The lowest BCUT2D eigenvalue weighted by molar-refractivity contribution is 0.258. The van der Waals surface area contributed by atoms with Crippen molar-refractivity contribution in [2.24, 2.45) is 0 Å². The lowest BCUT2D eigenvalue weighted by Crippen LogP contribution is -2.28. The molecule has 1 atom stereocenters. The number of hydrogen-bond acceptors (Lipinski definition) is 4. The van der Waals surface area contributed by atoms with E-state index in [9.17, 15) is 0 Å². The molecule has 0 saturated heterocycles. The highest BCUT2D eigenvalue weighted by atomic mass is 35.5. The summed E-state index contributed by atoms with van der Waals surface area (Å²) in [5.41, 5.74) is 4.22. The first kappa shape index (κ1) is 20.5. The average molecular weight is 438 g/mol. The fourth-order valence-electron chi connectivity index (χ4n) is 3.59. The highest BCUT2D eigenvalue weighted by Crippen LogP contribution is 2.30. The summed E-state index contributed by atoms with van der Waals surface area (Å²) in [7, 11) is 2.05. The molecular weight excluding hydrogens is 417 g/mol. The maximum Gasteiger partial charge on any atom is 0.178 e. The van der Waals surface area contributed by atoms with E-state index >= 15 is 0 Å². The van der Waals surface area contributed by atoms with Gasteiger partial charge >= 0.3 is 0 Å². The van der Waals surface area contributed by atoms with Gasteiger partial charge in [0.25, 0.3) is 0 Å². The Morgan fingerprint density at radius 2 is 1.67 bits per heavy atom. The molecule has 0 N–H and O–H groups in total. The van der Waals surface area contributed by atoms with Crippen LogP contribution in [0, 0.1) is 6.92 Å². The van der Waals surface area contributed by atoms with Crippen molar-refractivity contribution >= 4 is 23.2 Å². The summed E-state index contributed by atoms with van der Waals surface area (Å²) in [4.78, 5) is 2.20. The molecule has 3 aromatic carbocycles. The molecular formula is C23H21Cl2N5. The predicted molar refractivity (Wildman–Crippen MR) is 120 cm³/mol. The molecule has 0 fully saturated rings. The van der Waals surface area contributed by atoms with Gasteiger partial charge in [0, 0.05) is 6.54 Å². The van der Waals surface area contributed by atoms with Crippen LogP contribution in [-0.4, -0.2) is 32.2 Å². The van der Waals surface area contributed by atoms with E-state index in [-0.39, 0.29) is 6.04 Å². The summed E-state index contributed by atoms with van der Waals surface area (Å²) in [5.74, 6) is 0.748. The normalized spacial score (nSPS) is 12.3. The van der Waals surface area contributed by atoms with Crippen molar-refractivity contribution in [2.45, 2.75) is 19.5 Å². The molecule has 0 saturated carbocycles. The Hall–Kier alpha value is -2.73. The molecule has 30 heavy (non-hydrogen) atoms. The predicted octanol–water partition coefficient (Wildman–Crippen LogP) is 5.50. The van der Waals surface area contributed by atoms with Crippen molar-refractivity contribution in [3.63, 3.8) is 0 Å². The van der Waals surface area contributed by atoms with Crippen LogP contribution in [0.25, 0.3) is 5.69 Å². The van der Waals surface area contributed by atoms with Crippen molar-refractivity contribution in [3.8, 4) is 5.69 Å². The quantitative estimate of drug-likeness (QED) is 0.399. The first-order valence-electron chi connectivity index (χ1n) is 9.58. The van der Waals surface area contributed by atoms with E-state index in [1.54, 1.807) is 0 Å². The molecule has 0 spiro atoms. The molecule has 0 aliphatic rings. The van der Waals surface area contributed by atoms with Crippen LogP contribution in [-0.2, 0) is 6.54 Å². The van der Waals surface area contributed by atoms with Gasteiger partial charge in [0.15, 0.2) is 5.82 Å². The first-order chi connectivity index (χ1) is 14.5. The molecule has 0 amide bonds. The van der Waals surface area contributed by atoms with Gasteiger partial charge in [0.1, 0.15) is 0 Å². The number of hydrogen-bond donors (Lipinski definition) is 0. The minimum atomic E-state index is -0.157. The molecule has 4 aromatic rings. The second kappa shape index (κ2) is 8.96. The Balaban J connectivity index is 1.76. The lowest BCUT2D eigenvalue weighted by atomic mass is 10.0. The van der Waals surface area contributed by atoms with E-state index in [4.69, 9.17) is 23.2 Å². The molecule has 152 valence electrons. The zero-order chi connectivity index (χ0) is 21.1. The van der Waals surface area contributed by atoms with E-state index in [1.165, 1.54) is 0 Å². The first-order valence-corrected chi connectivity index (χ1v) is 10.3. The standard InChI is InChI=1S/C23H21Cl2N5/c1-16-8-6-7-11-21(16)30-23(26-27-28-30)22(18-9-4-3-5-10-18)29(2)15-17-12-13-19(24)20(25)14-17/h3-14,22H,15H2,1-2H3. The SMILES string of the molecule is Cc1ccccc1-n1nnnc1C(c1ccccc1)N(C)Cc1ccc(Cl)c(Cl)c1. The van der Waals surface area contributed by atoms with Crippen LogP contribution in [0.5, 0.6) is 0 Å². The van der Waals surface area contributed by atoms with E-state index in [2.05, 4.69) is 52.6 Å². The van der Waals surface area contributed by atoms with E-state index in [0.29, 0.717) is 16.6 Å². The van der Waals surface area contributed by atoms with Crippen LogP contribution in [0.15, 0.2) is 72.8 Å². The third-order valence-electron chi connectivity index (χ3n) is 5.05. The molecule has 0 aliphatic heterocycles. The molecule has 1 heterocycles. The van der Waals surface area contributed by atoms with Crippen molar-refractivity contribution < 1.29 is 0 Å². The Labute approximate surface area is 185 Å². The highest BCUT2D eigenvalue weighted by Gasteiger charge is 2.26. The van der Waals surface area contributed by atoms with E-state index < -0.39 is 0 Å². The van der Waals surface area contributed by atoms with Crippen LogP contribution < -0.4 is 0 Å². The summed E-state index contributed by atoms with van der Waals surface area (Å²) < 4.78 is 1.82. The molecule has 1 aromatic heterocycles. The second-order valence-electron chi connectivity index (χ2n) is 7.21. The minimum absolute atomic E-state index is 0.157. The number of aryl methyl sites for hydroxylation is 1. The summed E-state index contributed by atoms with van der Waals surface area (Å²) in [6, 6.07) is 23.9. The maximum absolute atomic E-state index is 6.23. The summed E-state index contributed by atoms with van der Waals surface area (Å²) in [6.45, 7) is 2.70. The largest absolute Gasteiger partial charge is 0.288 e. The van der Waals surface area contributed by atoms with E-state index in [1.807, 2.05) is 59.3 Å². The van der Waals surface area contributed by atoms with Crippen LogP contribution in [0.4, 0.5) is 0 Å². The molecule has 7 heteroatoms. The molecule has 5 nitrogen and oxygen atoms in total. The van der Waals surface area contributed by atoms with Gasteiger partial charge in [-0.25, -0.2) is 0 Å². The maximum atomic E-state index is 6.23. The van der Waals surface area contributed by atoms with Crippen molar-refractivity contribution in [3.05, 3.63) is 105 Å². The molecule has 1 unspecified atom stereocenters. The zero-order valence-electron chi connectivity index (χ0n) is 16.7. The average Bonchev–Trinajstić information content (AvgIpc) is 3.21. The summed E-state index contributed by atoms with van der Waals surface area (Å²) >= 11 is 12.3. The number of tetrazole rings is 1. The number of halogens is 2. The smallest absolute Gasteiger partial charge is 0.178 e. The van der Waals surface area contributed by atoms with Gasteiger partial charge in [-0.15, -0.1) is 5.10 Å². The van der Waals surface area contributed by atoms with Gasteiger partial charge in [-0.3, -0.25) is 4.90 Å². The van der Waals surface area contributed by atoms with E-state index in [0.717, 1.165) is 28.2 Å². The highest BCUT2D eigenvalue weighted by molar-refractivity contribution is 6.42. The van der Waals surface area contributed by atoms with Crippen molar-refractivity contribution in [2.75, 3.05) is 7.05 Å². The molecule has 0 bridgehead atoms. The lowest BCUT2D eigenvalue weighted by Gasteiger charge is -2.28. The molecule has 4 rings (SSSR count). The van der Waals surface area contributed by atoms with Crippen LogP contribution in [0.1, 0.15) is 28.6 Å². The van der Waals surface area contributed by atoms with Gasteiger partial charge in [-0.2, -0.15) is 4.68 Å².